The van der Waals surface area contributed by atoms with E-state index < -0.39 is 38.6 Å². The lowest BCUT2D eigenvalue weighted by Crippen LogP contribution is -2.29. The highest BCUT2D eigenvalue weighted by atomic mass is 31.2. The monoisotopic (exact) mass is 825 g/mol. The van der Waals surface area contributed by atoms with Crippen molar-refractivity contribution in [1.29, 1.82) is 0 Å². The molecule has 0 amide bonds. The zero-order chi connectivity index (χ0) is 42.1. The van der Waals surface area contributed by atoms with Crippen LogP contribution in [-0.2, 0) is 28.2 Å². The Kier molecular flexibility index (Phi) is 39.3. The Bertz CT molecular complexity index is 1090. The van der Waals surface area contributed by atoms with Crippen LogP contribution in [0.5, 0.6) is 0 Å². The third kappa shape index (κ3) is 44.9. The highest BCUT2D eigenvalue weighted by Crippen LogP contribution is 2.36. The lowest BCUT2D eigenvalue weighted by atomic mass is 10.0. The number of aliphatic hydroxyl groups excluding tert-OH is 1. The maximum absolute atomic E-state index is 12.4. The number of esters is 2. The number of rotatable bonds is 41. The number of hydrogen-bond acceptors (Lipinski definition) is 7. The van der Waals surface area contributed by atoms with Crippen LogP contribution in [0.2, 0.25) is 0 Å². The van der Waals surface area contributed by atoms with Crippen LogP contribution in [0.4, 0.5) is 0 Å². The molecule has 0 aromatic rings. The summed E-state index contributed by atoms with van der Waals surface area (Å²) in [5.74, 6) is -0.239. The van der Waals surface area contributed by atoms with Crippen LogP contribution in [-0.4, -0.2) is 52.3 Å². The Morgan fingerprint density at radius 3 is 1.63 bits per heavy atom. The quantitative estimate of drug-likeness (QED) is 0.0181. The number of allylic oxidation sites excluding steroid dienone is 7. The van der Waals surface area contributed by atoms with Gasteiger partial charge in [-0.25, -0.2) is 4.57 Å². The Morgan fingerprint density at radius 1 is 0.579 bits per heavy atom. The molecule has 0 saturated carbocycles. The molecule has 0 rings (SSSR count). The van der Waals surface area contributed by atoms with Crippen LogP contribution in [0, 0.1) is 5.92 Å². The molecule has 0 fully saturated rings. The lowest BCUT2D eigenvalue weighted by molar-refractivity contribution is -0.161. The second-order valence-electron chi connectivity index (χ2n) is 16.1. The normalized spacial score (nSPS) is 13.5. The van der Waals surface area contributed by atoms with Gasteiger partial charge in [0.15, 0.2) is 6.10 Å². The highest BCUT2D eigenvalue weighted by molar-refractivity contribution is 7.46. The van der Waals surface area contributed by atoms with Gasteiger partial charge >= 0.3 is 19.8 Å². The SMILES string of the molecule is CCCCC/C=C\C/C=C\C/C=C\C=C\[C@@H](O)CCCC(=O)OC[C@H](COP(=O)(O)O)OC(=O)CCCCCCCCCCCCCCCCCCCCC(C)C. The van der Waals surface area contributed by atoms with Gasteiger partial charge in [0.2, 0.25) is 0 Å². The number of hydrogen-bond donors (Lipinski definition) is 3. The van der Waals surface area contributed by atoms with Crippen LogP contribution in [0.1, 0.15) is 207 Å². The molecule has 57 heavy (non-hydrogen) atoms. The predicted octanol–water partition coefficient (Wildman–Crippen LogP) is 13.1. The maximum Gasteiger partial charge on any atom is 0.469 e. The van der Waals surface area contributed by atoms with E-state index in [1.54, 1.807) is 12.2 Å². The molecular formula is C47H85O9P. The fourth-order valence-corrected chi connectivity index (χ4v) is 6.79. The summed E-state index contributed by atoms with van der Waals surface area (Å²) in [5.41, 5.74) is 0. The van der Waals surface area contributed by atoms with Gasteiger partial charge in [0.25, 0.3) is 0 Å². The van der Waals surface area contributed by atoms with Crippen molar-refractivity contribution in [1.82, 2.24) is 0 Å². The number of carbonyl (C=O) groups excluding carboxylic acids is 2. The van der Waals surface area contributed by atoms with Crippen molar-refractivity contribution in [3.63, 3.8) is 0 Å². The average Bonchev–Trinajstić information content (AvgIpc) is 3.16. The summed E-state index contributed by atoms with van der Waals surface area (Å²) in [5, 5.41) is 10.2. The summed E-state index contributed by atoms with van der Waals surface area (Å²) < 4.78 is 26.3. The molecule has 0 bridgehead atoms. The van der Waals surface area contributed by atoms with Crippen molar-refractivity contribution in [2.75, 3.05) is 13.2 Å². The van der Waals surface area contributed by atoms with Gasteiger partial charge in [-0.15, -0.1) is 0 Å². The van der Waals surface area contributed by atoms with Crippen molar-refractivity contribution in [3.8, 4) is 0 Å². The van der Waals surface area contributed by atoms with Gasteiger partial charge in [-0.1, -0.05) is 198 Å². The molecule has 0 radical (unpaired) electrons. The van der Waals surface area contributed by atoms with Crippen molar-refractivity contribution < 1.29 is 43.0 Å². The van der Waals surface area contributed by atoms with Crippen LogP contribution in [0.3, 0.4) is 0 Å². The Balaban J connectivity index is 4.01. The molecule has 0 spiro atoms. The van der Waals surface area contributed by atoms with Gasteiger partial charge < -0.3 is 24.4 Å². The predicted molar refractivity (Wildman–Crippen MR) is 236 cm³/mol. The molecule has 0 aliphatic carbocycles. The number of aliphatic hydroxyl groups is 1. The minimum Gasteiger partial charge on any atom is -0.462 e. The fourth-order valence-electron chi connectivity index (χ4n) is 6.43. The van der Waals surface area contributed by atoms with E-state index in [4.69, 9.17) is 19.3 Å². The summed E-state index contributed by atoms with van der Waals surface area (Å²) in [6.07, 6.45) is 45.8. The molecule has 0 unspecified atom stereocenters. The van der Waals surface area contributed by atoms with E-state index in [1.807, 2.05) is 12.2 Å². The lowest BCUT2D eigenvalue weighted by Gasteiger charge is -2.18. The summed E-state index contributed by atoms with van der Waals surface area (Å²) in [7, 11) is -4.80. The minimum absolute atomic E-state index is 0.0393. The Morgan fingerprint density at radius 2 is 1.09 bits per heavy atom. The molecule has 2 atom stereocenters. The maximum atomic E-state index is 12.4. The Labute approximate surface area is 348 Å². The third-order valence-corrected chi connectivity index (χ3v) is 10.4. The standard InChI is InChI=1S/C47H85O9P/c1-4-5-6-7-8-9-10-17-21-24-27-30-33-37-44(48)38-35-40-46(49)54-41-45(42-55-57(51,52)53)56-47(50)39-34-31-28-25-22-19-16-14-12-11-13-15-18-20-23-26-29-32-36-43(2)3/h8-9,17,21,27,30,33,37,43-45,48H,4-7,10-16,18-20,22-26,28-29,31-32,34-36,38-42H2,1-3H3,(H2,51,52,53)/b9-8-,21-17-,30-27-,37-33+/t44-,45-/m1/s1. The van der Waals surface area contributed by atoms with E-state index in [0.717, 1.165) is 44.4 Å². The van der Waals surface area contributed by atoms with E-state index in [2.05, 4.69) is 49.6 Å². The zero-order valence-electron chi connectivity index (χ0n) is 36.5. The molecule has 0 aliphatic rings. The summed E-state index contributed by atoms with van der Waals surface area (Å²) in [4.78, 5) is 43.0. The number of unbranched alkanes of at least 4 members (excludes halogenated alkanes) is 20. The largest absolute Gasteiger partial charge is 0.469 e. The molecule has 3 N–H and O–H groups in total. The topological polar surface area (TPSA) is 140 Å². The number of ether oxygens (including phenoxy) is 2. The van der Waals surface area contributed by atoms with Crippen molar-refractivity contribution >= 4 is 19.8 Å². The van der Waals surface area contributed by atoms with Gasteiger partial charge in [0.05, 0.1) is 12.7 Å². The van der Waals surface area contributed by atoms with Gasteiger partial charge in [0, 0.05) is 12.8 Å². The second-order valence-corrected chi connectivity index (χ2v) is 17.3. The van der Waals surface area contributed by atoms with Crippen LogP contribution in [0.25, 0.3) is 0 Å². The van der Waals surface area contributed by atoms with E-state index in [9.17, 15) is 19.3 Å². The van der Waals surface area contributed by atoms with Gasteiger partial charge in [0.1, 0.15) is 6.61 Å². The molecule has 332 valence electrons. The van der Waals surface area contributed by atoms with Gasteiger partial charge in [-0.3, -0.25) is 14.1 Å². The first-order valence-corrected chi connectivity index (χ1v) is 24.4. The molecule has 10 heteroatoms. The second kappa shape index (κ2) is 40.7. The first-order chi connectivity index (χ1) is 27.5. The van der Waals surface area contributed by atoms with E-state index in [1.165, 1.54) is 116 Å². The molecule has 0 aromatic carbocycles. The Hall–Kier alpha value is -2.03. The first kappa shape index (κ1) is 55.0. The number of carbonyl (C=O) groups is 2. The van der Waals surface area contributed by atoms with Gasteiger partial charge in [-0.2, -0.15) is 0 Å². The van der Waals surface area contributed by atoms with Crippen LogP contribution >= 0.6 is 7.82 Å². The third-order valence-electron chi connectivity index (χ3n) is 9.88. The van der Waals surface area contributed by atoms with Crippen molar-refractivity contribution in [2.45, 2.75) is 219 Å². The number of phosphoric acid groups is 1. The minimum atomic E-state index is -4.80. The molecule has 0 saturated heterocycles. The number of phosphoric ester groups is 1. The van der Waals surface area contributed by atoms with Gasteiger partial charge in [-0.05, 0) is 50.9 Å². The zero-order valence-corrected chi connectivity index (χ0v) is 37.4. The van der Waals surface area contributed by atoms with Crippen LogP contribution < -0.4 is 0 Å². The van der Waals surface area contributed by atoms with E-state index in [0.29, 0.717) is 19.3 Å². The molecule has 0 aliphatic heterocycles. The van der Waals surface area contributed by atoms with E-state index >= 15 is 0 Å². The molecule has 0 heterocycles. The smallest absolute Gasteiger partial charge is 0.462 e. The summed E-state index contributed by atoms with van der Waals surface area (Å²) in [6, 6.07) is 0. The molecule has 9 nitrogen and oxygen atoms in total. The highest BCUT2D eigenvalue weighted by Gasteiger charge is 2.23. The summed E-state index contributed by atoms with van der Waals surface area (Å²) >= 11 is 0. The first-order valence-electron chi connectivity index (χ1n) is 22.9. The average molecular weight is 825 g/mol. The molecule has 0 aromatic heterocycles. The van der Waals surface area contributed by atoms with Crippen molar-refractivity contribution in [3.05, 3.63) is 48.6 Å². The fraction of sp³-hybridized carbons (Fsp3) is 0.787. The van der Waals surface area contributed by atoms with Crippen molar-refractivity contribution in [2.24, 2.45) is 5.92 Å². The summed E-state index contributed by atoms with van der Waals surface area (Å²) in [6.45, 7) is 5.86. The molecular weight excluding hydrogens is 739 g/mol. The van der Waals surface area contributed by atoms with Crippen LogP contribution in [0.15, 0.2) is 48.6 Å². The van der Waals surface area contributed by atoms with E-state index in [-0.39, 0.29) is 19.4 Å².